The van der Waals surface area contributed by atoms with E-state index in [2.05, 4.69) is 31.9 Å². The fourth-order valence-electron chi connectivity index (χ4n) is 1.52. The van der Waals surface area contributed by atoms with Crippen molar-refractivity contribution in [1.82, 2.24) is 0 Å². The van der Waals surface area contributed by atoms with E-state index >= 15 is 0 Å². The van der Waals surface area contributed by atoms with Crippen LogP contribution in [0.2, 0.25) is 0 Å². The quantitative estimate of drug-likeness (QED) is 0.432. The van der Waals surface area contributed by atoms with Crippen LogP contribution in [0.5, 0.6) is 0 Å². The maximum atomic E-state index is 11.9. The Morgan fingerprint density at radius 2 is 1.78 bits per heavy atom. The van der Waals surface area contributed by atoms with Crippen LogP contribution in [-0.4, -0.2) is 23.6 Å². The van der Waals surface area contributed by atoms with Crippen LogP contribution >= 0.6 is 31.9 Å². The summed E-state index contributed by atoms with van der Waals surface area (Å²) in [5.41, 5.74) is 0.757. The Bertz CT molecular complexity index is 418. The van der Waals surface area contributed by atoms with Crippen molar-refractivity contribution in [3.05, 3.63) is 28.7 Å². The van der Waals surface area contributed by atoms with Crippen LogP contribution in [0.25, 0.3) is 0 Å². The minimum atomic E-state index is -0.452. The van der Waals surface area contributed by atoms with E-state index < -0.39 is 11.7 Å². The molecule has 1 amide bonds. The molecule has 3 nitrogen and oxygen atoms in total. The highest BCUT2D eigenvalue weighted by molar-refractivity contribution is 9.10. The number of ketones is 1. The van der Waals surface area contributed by atoms with Gasteiger partial charge < -0.3 is 4.90 Å². The molecular formula is C13H15Br2NO2. The molecule has 1 aromatic rings. The second-order valence-electron chi connectivity index (χ2n) is 3.89. The van der Waals surface area contributed by atoms with Crippen molar-refractivity contribution in [2.75, 3.05) is 16.8 Å². The van der Waals surface area contributed by atoms with Crippen LogP contribution in [0.4, 0.5) is 5.69 Å². The van der Waals surface area contributed by atoms with Crippen LogP contribution in [0.1, 0.15) is 19.8 Å². The lowest BCUT2D eigenvalue weighted by Gasteiger charge is -2.21. The number of amides is 1. The molecule has 0 atom stereocenters. The molecular weight excluding hydrogens is 362 g/mol. The molecule has 0 aliphatic carbocycles. The molecule has 0 aliphatic rings. The van der Waals surface area contributed by atoms with Crippen LogP contribution in [0.3, 0.4) is 0 Å². The number of carbonyl (C=O) groups is 2. The van der Waals surface area contributed by atoms with E-state index in [1.807, 2.05) is 24.3 Å². The average molecular weight is 377 g/mol. The smallest absolute Gasteiger partial charge is 0.294 e. The first kappa shape index (κ1) is 15.4. The van der Waals surface area contributed by atoms with Gasteiger partial charge >= 0.3 is 0 Å². The zero-order valence-corrected chi connectivity index (χ0v) is 13.3. The first-order valence-corrected chi connectivity index (χ1v) is 7.61. The van der Waals surface area contributed by atoms with Crippen molar-refractivity contribution in [3.8, 4) is 0 Å². The van der Waals surface area contributed by atoms with Gasteiger partial charge in [0.05, 0.1) is 0 Å². The van der Waals surface area contributed by atoms with Crippen molar-refractivity contribution in [2.24, 2.45) is 0 Å². The third-order valence-electron chi connectivity index (χ3n) is 2.45. The molecule has 98 valence electrons. The predicted octanol–water partition coefficient (Wildman–Crippen LogP) is 3.55. The van der Waals surface area contributed by atoms with Gasteiger partial charge in [0, 0.05) is 29.0 Å². The van der Waals surface area contributed by atoms with E-state index in [9.17, 15) is 9.59 Å². The summed E-state index contributed by atoms with van der Waals surface area (Å²) >= 11 is 6.70. The van der Waals surface area contributed by atoms with E-state index in [-0.39, 0.29) is 0 Å². The SMILES string of the molecule is CC(=O)C(=O)N(CCCCBr)c1ccc(Br)cc1. The highest BCUT2D eigenvalue weighted by atomic mass is 79.9. The topological polar surface area (TPSA) is 37.4 Å². The molecule has 0 radical (unpaired) electrons. The number of alkyl halides is 1. The van der Waals surface area contributed by atoms with Gasteiger partial charge in [-0.1, -0.05) is 31.9 Å². The Morgan fingerprint density at radius 1 is 1.17 bits per heavy atom. The molecule has 0 bridgehead atoms. The summed E-state index contributed by atoms with van der Waals surface area (Å²) in [4.78, 5) is 24.7. The third kappa shape index (κ3) is 4.53. The van der Waals surface area contributed by atoms with Gasteiger partial charge in [-0.3, -0.25) is 9.59 Å². The fraction of sp³-hybridized carbons (Fsp3) is 0.385. The molecule has 1 rings (SSSR count). The molecule has 0 heterocycles. The van der Waals surface area contributed by atoms with Gasteiger partial charge in [-0.15, -0.1) is 0 Å². The van der Waals surface area contributed by atoms with E-state index in [4.69, 9.17) is 0 Å². The number of nitrogens with zero attached hydrogens (tertiary/aromatic N) is 1. The number of halogens is 2. The van der Waals surface area contributed by atoms with Gasteiger partial charge in [-0.25, -0.2) is 0 Å². The highest BCUT2D eigenvalue weighted by Crippen LogP contribution is 2.19. The monoisotopic (exact) mass is 375 g/mol. The molecule has 0 aromatic heterocycles. The Labute approximate surface area is 124 Å². The number of hydrogen-bond donors (Lipinski definition) is 0. The number of unbranched alkanes of at least 4 members (excludes halogenated alkanes) is 1. The second kappa shape index (κ2) is 7.69. The van der Waals surface area contributed by atoms with Gasteiger partial charge in [0.1, 0.15) is 0 Å². The standard InChI is InChI=1S/C13H15Br2NO2/c1-10(17)13(18)16(9-3-2-8-14)12-6-4-11(15)5-7-12/h4-7H,2-3,8-9H2,1H3. The number of hydrogen-bond acceptors (Lipinski definition) is 2. The minimum Gasteiger partial charge on any atom is -0.306 e. The number of rotatable bonds is 6. The van der Waals surface area contributed by atoms with Crippen LogP contribution in [0.15, 0.2) is 28.7 Å². The van der Waals surface area contributed by atoms with Crippen LogP contribution in [-0.2, 0) is 9.59 Å². The van der Waals surface area contributed by atoms with Crippen LogP contribution < -0.4 is 4.90 Å². The molecule has 0 N–H and O–H groups in total. The molecule has 0 aliphatic heterocycles. The summed E-state index contributed by atoms with van der Waals surface area (Å²) < 4.78 is 0.946. The Hall–Kier alpha value is -0.680. The van der Waals surface area contributed by atoms with E-state index in [0.717, 1.165) is 28.3 Å². The van der Waals surface area contributed by atoms with E-state index in [1.54, 1.807) is 0 Å². The van der Waals surface area contributed by atoms with Crippen molar-refractivity contribution in [1.29, 1.82) is 0 Å². The number of Topliss-reactive ketones (excluding diaryl/α,β-unsaturated/α-hetero) is 1. The summed E-state index contributed by atoms with van der Waals surface area (Å²) in [5, 5.41) is 0.898. The summed E-state index contributed by atoms with van der Waals surface area (Å²) in [6.07, 6.45) is 1.83. The first-order valence-electron chi connectivity index (χ1n) is 5.70. The van der Waals surface area contributed by atoms with E-state index in [1.165, 1.54) is 11.8 Å². The summed E-state index contributed by atoms with van der Waals surface area (Å²) in [5.74, 6) is -0.886. The first-order chi connectivity index (χ1) is 8.56. The Balaban J connectivity index is 2.85. The Kier molecular flexibility index (Phi) is 6.57. The van der Waals surface area contributed by atoms with Crippen molar-refractivity contribution in [3.63, 3.8) is 0 Å². The van der Waals surface area contributed by atoms with E-state index in [0.29, 0.717) is 6.54 Å². The summed E-state index contributed by atoms with van der Waals surface area (Å²) in [6, 6.07) is 7.39. The normalized spacial score (nSPS) is 10.2. The van der Waals surface area contributed by atoms with Gasteiger partial charge in [0.15, 0.2) is 0 Å². The van der Waals surface area contributed by atoms with Crippen molar-refractivity contribution < 1.29 is 9.59 Å². The number of anilines is 1. The number of benzene rings is 1. The molecule has 18 heavy (non-hydrogen) atoms. The largest absolute Gasteiger partial charge is 0.306 e. The summed E-state index contributed by atoms with van der Waals surface area (Å²) in [6.45, 7) is 1.87. The van der Waals surface area contributed by atoms with Gasteiger partial charge in [-0.05, 0) is 37.1 Å². The maximum absolute atomic E-state index is 11.9. The zero-order valence-electron chi connectivity index (χ0n) is 10.2. The van der Waals surface area contributed by atoms with Crippen molar-refractivity contribution in [2.45, 2.75) is 19.8 Å². The molecule has 5 heteroatoms. The second-order valence-corrected chi connectivity index (χ2v) is 5.59. The molecule has 1 aromatic carbocycles. The fourth-order valence-corrected chi connectivity index (χ4v) is 2.18. The Morgan fingerprint density at radius 3 is 2.28 bits per heavy atom. The number of carbonyl (C=O) groups excluding carboxylic acids is 2. The maximum Gasteiger partial charge on any atom is 0.294 e. The van der Waals surface area contributed by atoms with Gasteiger partial charge in [-0.2, -0.15) is 0 Å². The minimum absolute atomic E-state index is 0.434. The average Bonchev–Trinajstić information content (AvgIpc) is 2.35. The molecule has 0 saturated heterocycles. The van der Waals surface area contributed by atoms with Gasteiger partial charge in [0.25, 0.3) is 5.91 Å². The molecule has 0 saturated carbocycles. The zero-order chi connectivity index (χ0) is 13.5. The lowest BCUT2D eigenvalue weighted by atomic mass is 10.2. The molecule has 0 unspecified atom stereocenters. The van der Waals surface area contributed by atoms with Crippen molar-refractivity contribution >= 4 is 49.2 Å². The van der Waals surface area contributed by atoms with Gasteiger partial charge in [0.2, 0.25) is 5.78 Å². The lowest BCUT2D eigenvalue weighted by Crippen LogP contribution is -2.36. The third-order valence-corrected chi connectivity index (χ3v) is 3.54. The lowest BCUT2D eigenvalue weighted by molar-refractivity contribution is -0.135. The molecule has 0 spiro atoms. The molecule has 0 fully saturated rings. The highest BCUT2D eigenvalue weighted by Gasteiger charge is 2.19. The summed E-state index contributed by atoms with van der Waals surface area (Å²) in [7, 11) is 0. The predicted molar refractivity (Wildman–Crippen MR) is 80.2 cm³/mol. The van der Waals surface area contributed by atoms with Crippen LogP contribution in [0, 0.1) is 0 Å².